The van der Waals surface area contributed by atoms with Gasteiger partial charge < -0.3 is 20.1 Å². The van der Waals surface area contributed by atoms with E-state index >= 15 is 4.39 Å². The van der Waals surface area contributed by atoms with Crippen molar-refractivity contribution < 1.29 is 31.9 Å². The number of alkyl carbamates (subject to hydrolysis) is 1. The molecule has 2 N–H and O–H groups in total. The van der Waals surface area contributed by atoms with Gasteiger partial charge in [0, 0.05) is 54.8 Å². The van der Waals surface area contributed by atoms with Crippen molar-refractivity contribution >= 4 is 33.5 Å². The highest BCUT2D eigenvalue weighted by Crippen LogP contribution is 2.35. The van der Waals surface area contributed by atoms with Gasteiger partial charge in [-0.3, -0.25) is 4.79 Å². The van der Waals surface area contributed by atoms with E-state index in [1.165, 1.54) is 20.3 Å². The van der Waals surface area contributed by atoms with E-state index in [2.05, 4.69) is 15.6 Å². The zero-order valence-electron chi connectivity index (χ0n) is 26.6. The molecule has 1 aliphatic heterocycles. The predicted octanol–water partition coefficient (Wildman–Crippen LogP) is 4.64. The number of methoxy groups -OCH3 is 2. The molecule has 2 heterocycles. The number of ether oxygens (including phenoxy) is 2. The lowest BCUT2D eigenvalue weighted by molar-refractivity contribution is -0.120. The Hall–Kier alpha value is -3.58. The molecule has 252 valence electrons. The summed E-state index contributed by atoms with van der Waals surface area (Å²) in [5, 5.41) is 6.17. The number of carbonyl (C=O) groups excluding carboxylic acids is 2. The molecule has 10 nitrogen and oxygen atoms in total. The second-order valence-corrected chi connectivity index (χ2v) is 14.6. The highest BCUT2D eigenvalue weighted by Gasteiger charge is 2.45. The minimum atomic E-state index is -3.45. The number of hydrogen-bond donors (Lipinski definition) is 2. The van der Waals surface area contributed by atoms with E-state index in [0.717, 1.165) is 0 Å². The standard InChI is InChI=1S/C34H40ClFN4O6S/c1-21-18-37-20-26(40(21)47(43,44)27-13-14-27)12-15-28-23(5-4-6-29(28)36)17-30(41)33(39-34(42)46-3)32(22-7-10-25(35)11-8-22)24-9-16-31(45-2)38-19-24/h4-11,16,19,21,26-27,32-33,37H,12-15,17-18,20H2,1-3H3,(H,39,42)/t21-,26+,32+,33-/m1/s1. The zero-order valence-corrected chi connectivity index (χ0v) is 28.2. The first-order chi connectivity index (χ1) is 22.5. The second-order valence-electron chi connectivity index (χ2n) is 12.1. The van der Waals surface area contributed by atoms with E-state index in [-0.39, 0.29) is 36.0 Å². The summed E-state index contributed by atoms with van der Waals surface area (Å²) >= 11 is 6.18. The van der Waals surface area contributed by atoms with Gasteiger partial charge in [-0.1, -0.05) is 41.9 Å². The minimum absolute atomic E-state index is 0.196. The number of sulfonamides is 1. The molecule has 0 spiro atoms. The van der Waals surface area contributed by atoms with Crippen LogP contribution in [0.15, 0.2) is 60.8 Å². The van der Waals surface area contributed by atoms with Gasteiger partial charge in [-0.25, -0.2) is 22.6 Å². The first-order valence-electron chi connectivity index (χ1n) is 15.6. The number of hydrogen-bond acceptors (Lipinski definition) is 8. The molecule has 5 rings (SSSR count). The normalized spacial score (nSPS) is 19.9. The topological polar surface area (TPSA) is 127 Å². The van der Waals surface area contributed by atoms with E-state index in [1.54, 1.807) is 59.0 Å². The van der Waals surface area contributed by atoms with Crippen LogP contribution in [0.5, 0.6) is 5.88 Å². The molecule has 0 bridgehead atoms. The maximum Gasteiger partial charge on any atom is 0.407 e. The number of halogens is 2. The van der Waals surface area contributed by atoms with Gasteiger partial charge >= 0.3 is 6.09 Å². The van der Waals surface area contributed by atoms with Gasteiger partial charge in [0.15, 0.2) is 5.78 Å². The summed E-state index contributed by atoms with van der Waals surface area (Å²) in [6, 6.07) is 13.2. The lowest BCUT2D eigenvalue weighted by Crippen LogP contribution is -2.59. The van der Waals surface area contributed by atoms with Crippen molar-refractivity contribution in [3.05, 3.63) is 93.9 Å². The van der Waals surface area contributed by atoms with Crippen molar-refractivity contribution in [3.8, 4) is 5.88 Å². The average Bonchev–Trinajstić information content (AvgIpc) is 3.92. The van der Waals surface area contributed by atoms with E-state index in [4.69, 9.17) is 21.1 Å². The number of piperazine rings is 1. The molecular formula is C34H40ClFN4O6S. The van der Waals surface area contributed by atoms with Crippen molar-refractivity contribution in [3.63, 3.8) is 0 Å². The maximum atomic E-state index is 15.5. The lowest BCUT2D eigenvalue weighted by atomic mass is 9.82. The van der Waals surface area contributed by atoms with Gasteiger partial charge in [0.2, 0.25) is 15.9 Å². The zero-order chi connectivity index (χ0) is 33.7. The van der Waals surface area contributed by atoms with Crippen molar-refractivity contribution in [2.24, 2.45) is 0 Å². The van der Waals surface area contributed by atoms with Crippen LogP contribution in [0, 0.1) is 5.82 Å². The van der Waals surface area contributed by atoms with Crippen LogP contribution in [0.1, 0.15) is 54.4 Å². The largest absolute Gasteiger partial charge is 0.481 e. The number of rotatable bonds is 13. The number of nitrogens with zero attached hydrogens (tertiary/aromatic N) is 2. The molecule has 0 unspecified atom stereocenters. The Balaban J connectivity index is 1.45. The van der Waals surface area contributed by atoms with Crippen LogP contribution in [0.2, 0.25) is 5.02 Å². The number of amides is 1. The predicted molar refractivity (Wildman–Crippen MR) is 177 cm³/mol. The first kappa shape index (κ1) is 34.7. The Morgan fingerprint density at radius 2 is 1.81 bits per heavy atom. The van der Waals surface area contributed by atoms with Gasteiger partial charge in [-0.2, -0.15) is 4.31 Å². The molecule has 3 aromatic rings. The SMILES string of the molecule is COC(=O)N[C@H](C(=O)Cc1cccc(F)c1CC[C@H]1CNC[C@@H](C)N1S(=O)(=O)C1CC1)[C@@H](c1ccc(Cl)cc1)c1ccc(OC)nc1. The van der Waals surface area contributed by atoms with Crippen LogP contribution in [0.4, 0.5) is 9.18 Å². The molecule has 1 saturated carbocycles. The van der Waals surface area contributed by atoms with Gasteiger partial charge in [0.05, 0.1) is 19.5 Å². The van der Waals surface area contributed by atoms with Gasteiger partial charge in [-0.05, 0) is 73.1 Å². The summed E-state index contributed by atoms with van der Waals surface area (Å²) in [5.41, 5.74) is 2.11. The van der Waals surface area contributed by atoms with Crippen LogP contribution in [0.25, 0.3) is 0 Å². The van der Waals surface area contributed by atoms with Crippen molar-refractivity contribution in [1.29, 1.82) is 0 Å². The summed E-state index contributed by atoms with van der Waals surface area (Å²) in [6.45, 7) is 2.90. The van der Waals surface area contributed by atoms with Gasteiger partial charge in [0.25, 0.3) is 0 Å². The van der Waals surface area contributed by atoms with Crippen LogP contribution < -0.4 is 15.4 Å². The number of Topliss-reactive ketones (excluding diaryl/α,β-unsaturated/α-hetero) is 1. The quantitative estimate of drug-likeness (QED) is 0.267. The summed E-state index contributed by atoms with van der Waals surface area (Å²) in [5.74, 6) is -1.19. The Bertz CT molecular complexity index is 1670. The van der Waals surface area contributed by atoms with Crippen molar-refractivity contribution in [1.82, 2.24) is 19.9 Å². The fourth-order valence-corrected chi connectivity index (χ4v) is 8.74. The smallest absolute Gasteiger partial charge is 0.407 e. The minimum Gasteiger partial charge on any atom is -0.481 e. The van der Waals surface area contributed by atoms with E-state index in [1.807, 2.05) is 6.92 Å². The Morgan fingerprint density at radius 1 is 1.09 bits per heavy atom. The Labute approximate surface area is 280 Å². The molecule has 0 radical (unpaired) electrons. The fraction of sp³-hybridized carbons (Fsp3) is 0.441. The molecule has 47 heavy (non-hydrogen) atoms. The summed E-state index contributed by atoms with van der Waals surface area (Å²) in [4.78, 5) is 31.2. The van der Waals surface area contributed by atoms with E-state index < -0.39 is 33.9 Å². The number of aromatic nitrogens is 1. The first-order valence-corrected chi connectivity index (χ1v) is 17.5. The van der Waals surface area contributed by atoms with Crippen LogP contribution in [-0.4, -0.2) is 80.3 Å². The Morgan fingerprint density at radius 3 is 2.45 bits per heavy atom. The number of benzene rings is 2. The molecule has 1 aliphatic carbocycles. The molecular weight excluding hydrogens is 647 g/mol. The summed E-state index contributed by atoms with van der Waals surface area (Å²) in [7, 11) is -0.748. The molecule has 1 aromatic heterocycles. The maximum absolute atomic E-state index is 15.5. The van der Waals surface area contributed by atoms with Crippen LogP contribution >= 0.6 is 11.6 Å². The van der Waals surface area contributed by atoms with Crippen LogP contribution in [-0.2, 0) is 32.4 Å². The lowest BCUT2D eigenvalue weighted by Gasteiger charge is -2.40. The summed E-state index contributed by atoms with van der Waals surface area (Å²) in [6.07, 6.45) is 2.50. The molecule has 2 aliphatic rings. The van der Waals surface area contributed by atoms with E-state index in [9.17, 15) is 18.0 Å². The average molecular weight is 687 g/mol. The van der Waals surface area contributed by atoms with E-state index in [0.29, 0.717) is 65.5 Å². The molecule has 1 saturated heterocycles. The van der Waals surface area contributed by atoms with Crippen molar-refractivity contribution in [2.45, 2.75) is 68.3 Å². The number of ketones is 1. The molecule has 2 fully saturated rings. The molecule has 2 aromatic carbocycles. The fourth-order valence-electron chi connectivity index (χ4n) is 6.36. The number of nitrogens with one attached hydrogen (secondary N) is 2. The third kappa shape index (κ3) is 8.11. The van der Waals surface area contributed by atoms with Crippen LogP contribution in [0.3, 0.4) is 0 Å². The molecule has 13 heteroatoms. The molecule has 4 atom stereocenters. The van der Waals surface area contributed by atoms with Crippen molar-refractivity contribution in [2.75, 3.05) is 27.3 Å². The third-order valence-corrected chi connectivity index (χ3v) is 11.7. The highest BCUT2D eigenvalue weighted by molar-refractivity contribution is 7.90. The monoisotopic (exact) mass is 686 g/mol. The second kappa shape index (κ2) is 15.1. The molecule has 1 amide bonds. The number of carbonyl (C=O) groups is 2. The number of pyridine rings is 1. The highest BCUT2D eigenvalue weighted by atomic mass is 35.5. The summed E-state index contributed by atoms with van der Waals surface area (Å²) < 4.78 is 53.8. The van der Waals surface area contributed by atoms with Gasteiger partial charge in [0.1, 0.15) is 11.9 Å². The Kier molecular flexibility index (Phi) is 11.2. The third-order valence-electron chi connectivity index (χ3n) is 8.86. The van der Waals surface area contributed by atoms with Gasteiger partial charge in [-0.15, -0.1) is 0 Å².